The lowest BCUT2D eigenvalue weighted by Gasteiger charge is -2.24. The summed E-state index contributed by atoms with van der Waals surface area (Å²) in [5, 5.41) is 27.7. The first-order valence-electron chi connectivity index (χ1n) is 13.0. The highest BCUT2D eigenvalue weighted by molar-refractivity contribution is 5.94. The van der Waals surface area contributed by atoms with Gasteiger partial charge in [-0.05, 0) is 43.9 Å². The zero-order valence-corrected chi connectivity index (χ0v) is 21.9. The minimum Gasteiger partial charge on any atom is -0.480 e. The van der Waals surface area contributed by atoms with Gasteiger partial charge >= 0.3 is 5.97 Å². The molecule has 4 unspecified atom stereocenters. The number of rotatable bonds is 16. The minimum absolute atomic E-state index is 0.0474. The number of hydrogen-bond acceptors (Lipinski definition) is 8. The van der Waals surface area contributed by atoms with E-state index in [0.29, 0.717) is 25.1 Å². The molecule has 11 N–H and O–H groups in total. The number of aromatic amines is 2. The molecule has 14 nitrogen and oxygen atoms in total. The molecular formula is C26H36N8O6. The van der Waals surface area contributed by atoms with Gasteiger partial charge in [0, 0.05) is 35.4 Å². The van der Waals surface area contributed by atoms with Gasteiger partial charge in [0.25, 0.3) is 0 Å². The van der Waals surface area contributed by atoms with Gasteiger partial charge in [0.15, 0.2) is 0 Å². The van der Waals surface area contributed by atoms with Crippen molar-refractivity contribution in [3.05, 3.63) is 54.2 Å². The van der Waals surface area contributed by atoms with E-state index in [9.17, 15) is 29.4 Å². The molecule has 0 aliphatic rings. The lowest BCUT2D eigenvalue weighted by molar-refractivity contribution is -0.142. The number of aliphatic hydroxyl groups is 1. The Kier molecular flexibility index (Phi) is 11.2. The summed E-state index contributed by atoms with van der Waals surface area (Å²) in [5.74, 6) is -3.46. The van der Waals surface area contributed by atoms with Crippen LogP contribution in [-0.4, -0.2) is 86.2 Å². The third-order valence-electron chi connectivity index (χ3n) is 6.44. The predicted octanol–water partition coefficient (Wildman–Crippen LogP) is -1.34. The van der Waals surface area contributed by atoms with E-state index in [2.05, 4.69) is 30.9 Å². The van der Waals surface area contributed by atoms with Gasteiger partial charge in [-0.1, -0.05) is 18.2 Å². The maximum Gasteiger partial charge on any atom is 0.326 e. The quantitative estimate of drug-likeness (QED) is 0.0947. The Labute approximate surface area is 230 Å². The summed E-state index contributed by atoms with van der Waals surface area (Å²) in [7, 11) is 0. The number of carboxylic acids is 1. The van der Waals surface area contributed by atoms with E-state index in [1.165, 1.54) is 12.5 Å². The molecule has 0 aliphatic heterocycles. The second kappa shape index (κ2) is 14.8. The molecule has 0 spiro atoms. The number of aliphatic hydroxyl groups excluding tert-OH is 1. The summed E-state index contributed by atoms with van der Waals surface area (Å²) in [5.41, 5.74) is 13.9. The number of aliphatic carboxylic acids is 1. The van der Waals surface area contributed by atoms with Gasteiger partial charge in [-0.25, -0.2) is 9.78 Å². The monoisotopic (exact) mass is 556 g/mol. The fraction of sp³-hybridized carbons (Fsp3) is 0.423. The van der Waals surface area contributed by atoms with Crippen molar-refractivity contribution < 1.29 is 29.4 Å². The molecule has 3 aromatic rings. The van der Waals surface area contributed by atoms with Gasteiger partial charge < -0.3 is 47.6 Å². The summed E-state index contributed by atoms with van der Waals surface area (Å²) in [4.78, 5) is 60.3. The smallest absolute Gasteiger partial charge is 0.326 e. The van der Waals surface area contributed by atoms with E-state index in [-0.39, 0.29) is 19.3 Å². The van der Waals surface area contributed by atoms with Crippen LogP contribution in [0.4, 0.5) is 0 Å². The third kappa shape index (κ3) is 8.36. The van der Waals surface area contributed by atoms with Crippen molar-refractivity contribution in [3.8, 4) is 0 Å². The molecule has 4 atom stereocenters. The highest BCUT2D eigenvalue weighted by atomic mass is 16.4. The van der Waals surface area contributed by atoms with Gasteiger partial charge in [0.05, 0.1) is 19.0 Å². The Bertz CT molecular complexity index is 1280. The predicted molar refractivity (Wildman–Crippen MR) is 146 cm³/mol. The zero-order valence-electron chi connectivity index (χ0n) is 21.9. The van der Waals surface area contributed by atoms with Crippen LogP contribution in [0.15, 0.2) is 43.0 Å². The highest BCUT2D eigenvalue weighted by Gasteiger charge is 2.30. The van der Waals surface area contributed by atoms with Crippen LogP contribution < -0.4 is 27.4 Å². The van der Waals surface area contributed by atoms with E-state index < -0.39 is 54.5 Å². The normalized spacial score (nSPS) is 14.2. The molecule has 0 fully saturated rings. The van der Waals surface area contributed by atoms with E-state index in [4.69, 9.17) is 11.5 Å². The Hall–Kier alpha value is -4.27. The number of nitrogens with two attached hydrogens (primary N) is 2. The first-order chi connectivity index (χ1) is 19.2. The molecule has 2 aromatic heterocycles. The number of para-hydroxylation sites is 1. The number of amides is 3. The van der Waals surface area contributed by atoms with Gasteiger partial charge in [-0.15, -0.1) is 0 Å². The van der Waals surface area contributed by atoms with E-state index in [0.717, 1.165) is 16.5 Å². The van der Waals surface area contributed by atoms with Crippen LogP contribution in [0.25, 0.3) is 10.9 Å². The number of benzene rings is 1. The minimum atomic E-state index is -1.38. The summed E-state index contributed by atoms with van der Waals surface area (Å²) >= 11 is 0. The number of carbonyl (C=O) groups excluding carboxylic acids is 3. The summed E-state index contributed by atoms with van der Waals surface area (Å²) < 4.78 is 0. The Morgan fingerprint density at radius 3 is 2.30 bits per heavy atom. The molecule has 216 valence electrons. The van der Waals surface area contributed by atoms with Gasteiger partial charge in [-0.3, -0.25) is 14.4 Å². The van der Waals surface area contributed by atoms with Gasteiger partial charge in [-0.2, -0.15) is 0 Å². The molecule has 1 aromatic carbocycles. The number of imidazole rings is 1. The molecule has 2 heterocycles. The van der Waals surface area contributed by atoms with Crippen molar-refractivity contribution in [2.45, 2.75) is 56.3 Å². The van der Waals surface area contributed by atoms with Crippen LogP contribution >= 0.6 is 0 Å². The fourth-order valence-corrected chi connectivity index (χ4v) is 4.23. The lowest BCUT2D eigenvalue weighted by Crippen LogP contribution is -2.58. The molecule has 3 rings (SSSR count). The van der Waals surface area contributed by atoms with Crippen molar-refractivity contribution in [1.29, 1.82) is 0 Å². The van der Waals surface area contributed by atoms with Crippen LogP contribution in [0.1, 0.15) is 30.5 Å². The average molecular weight is 557 g/mol. The number of unbranched alkanes of at least 4 members (excludes halogenated alkanes) is 1. The fourth-order valence-electron chi connectivity index (χ4n) is 4.23. The van der Waals surface area contributed by atoms with Crippen molar-refractivity contribution >= 4 is 34.6 Å². The highest BCUT2D eigenvalue weighted by Crippen LogP contribution is 2.18. The number of aromatic nitrogens is 3. The van der Waals surface area contributed by atoms with Crippen molar-refractivity contribution in [2.75, 3.05) is 13.2 Å². The van der Waals surface area contributed by atoms with Crippen LogP contribution in [0.5, 0.6) is 0 Å². The van der Waals surface area contributed by atoms with Crippen LogP contribution in [0.3, 0.4) is 0 Å². The van der Waals surface area contributed by atoms with Crippen molar-refractivity contribution in [1.82, 2.24) is 30.9 Å². The van der Waals surface area contributed by atoms with E-state index in [1.807, 2.05) is 24.3 Å². The number of H-pyrrole nitrogens is 2. The van der Waals surface area contributed by atoms with Crippen LogP contribution in [-0.2, 0) is 32.0 Å². The summed E-state index contributed by atoms with van der Waals surface area (Å²) in [6, 6.07) is 2.74. The van der Waals surface area contributed by atoms with E-state index in [1.54, 1.807) is 6.20 Å². The van der Waals surface area contributed by atoms with Crippen LogP contribution in [0, 0.1) is 0 Å². The number of carbonyl (C=O) groups is 4. The molecule has 3 amide bonds. The van der Waals surface area contributed by atoms with Crippen molar-refractivity contribution in [2.24, 2.45) is 11.5 Å². The Balaban J connectivity index is 1.63. The van der Waals surface area contributed by atoms with Crippen LogP contribution in [0.2, 0.25) is 0 Å². The van der Waals surface area contributed by atoms with E-state index >= 15 is 0 Å². The summed E-state index contributed by atoms with van der Waals surface area (Å²) in [6.07, 6.45) is 5.94. The van der Waals surface area contributed by atoms with Gasteiger partial charge in [0.1, 0.15) is 18.1 Å². The topological polar surface area (TPSA) is 241 Å². The molecule has 0 radical (unpaired) electrons. The SMILES string of the molecule is NCCCCC(NC(=O)C(CO)NC(=O)C(N)Cc1c[nH]c2ccccc12)C(=O)NC(Cc1cnc[nH]1)C(=O)O. The molecule has 0 saturated heterocycles. The van der Waals surface area contributed by atoms with Crippen molar-refractivity contribution in [3.63, 3.8) is 0 Å². The molecule has 0 aliphatic carbocycles. The molecule has 14 heteroatoms. The Morgan fingerprint density at radius 1 is 0.925 bits per heavy atom. The van der Waals surface area contributed by atoms with Gasteiger partial charge in [0.2, 0.25) is 17.7 Å². The number of carboxylic acid groups (broad SMARTS) is 1. The number of hydrogen-bond donors (Lipinski definition) is 9. The number of nitrogens with zero attached hydrogens (tertiary/aromatic N) is 1. The molecular weight excluding hydrogens is 520 g/mol. The number of fused-ring (bicyclic) bond motifs is 1. The molecule has 40 heavy (non-hydrogen) atoms. The first kappa shape index (κ1) is 30.3. The largest absolute Gasteiger partial charge is 0.480 e. The maximum absolute atomic E-state index is 13.0. The first-order valence-corrected chi connectivity index (χ1v) is 13.0. The third-order valence-corrected chi connectivity index (χ3v) is 6.44. The second-order valence-corrected chi connectivity index (χ2v) is 9.44. The lowest BCUT2D eigenvalue weighted by atomic mass is 10.0. The number of nitrogens with one attached hydrogen (secondary N) is 5. The molecule has 0 saturated carbocycles. The standard InChI is InChI=1S/C26H36N8O6/c27-8-4-3-7-20(24(37)33-21(26(39)40)10-16-12-29-14-31-16)32-25(38)22(13-35)34-23(36)18(28)9-15-11-30-19-6-2-1-5-17(15)19/h1-2,5-6,11-12,14,18,20-22,30,35H,3-4,7-10,13,27-28H2,(H,29,31)(H,32,38)(H,33,37)(H,34,36)(H,39,40). The Morgan fingerprint density at radius 2 is 1.62 bits per heavy atom. The molecule has 0 bridgehead atoms. The zero-order chi connectivity index (χ0) is 29.1. The average Bonchev–Trinajstić information content (AvgIpc) is 3.60. The second-order valence-electron chi connectivity index (χ2n) is 9.44. The maximum atomic E-state index is 13.0. The summed E-state index contributed by atoms with van der Waals surface area (Å²) in [6.45, 7) is -0.379.